The second-order valence-electron chi connectivity index (χ2n) is 5.55. The molecule has 1 amide bonds. The van der Waals surface area contributed by atoms with E-state index in [-0.39, 0.29) is 22.8 Å². The Balaban J connectivity index is 1.86. The van der Waals surface area contributed by atoms with Gasteiger partial charge in [-0.15, -0.1) is 0 Å². The van der Waals surface area contributed by atoms with E-state index in [2.05, 4.69) is 42.4 Å². The van der Waals surface area contributed by atoms with Gasteiger partial charge in [-0.3, -0.25) is 4.79 Å². The first-order chi connectivity index (χ1) is 12.9. The molecular weight excluding hydrogens is 480 g/mol. The molecule has 0 unspecified atom stereocenters. The first-order valence-electron chi connectivity index (χ1n) is 7.72. The van der Waals surface area contributed by atoms with Crippen LogP contribution in [0, 0.1) is 0 Å². The molecule has 3 rings (SSSR count). The van der Waals surface area contributed by atoms with E-state index in [1.807, 2.05) is 24.3 Å². The molecule has 0 radical (unpaired) electrons. The summed E-state index contributed by atoms with van der Waals surface area (Å²) in [6.45, 7) is 0. The van der Waals surface area contributed by atoms with Crippen LogP contribution in [0.2, 0.25) is 0 Å². The van der Waals surface area contributed by atoms with Crippen molar-refractivity contribution in [2.24, 2.45) is 5.10 Å². The minimum Gasteiger partial charge on any atom is -0.507 e. The Morgan fingerprint density at radius 3 is 2.48 bits per heavy atom. The molecule has 0 heterocycles. The van der Waals surface area contributed by atoms with Gasteiger partial charge in [0.05, 0.1) is 24.5 Å². The molecule has 0 saturated carbocycles. The summed E-state index contributed by atoms with van der Waals surface area (Å²) >= 11 is 6.68. The van der Waals surface area contributed by atoms with Gasteiger partial charge in [0.2, 0.25) is 0 Å². The van der Waals surface area contributed by atoms with Crippen LogP contribution in [0.3, 0.4) is 0 Å². The molecule has 0 aliphatic rings. The fraction of sp³-hybridized carbons (Fsp3) is 0.0526. The first-order valence-corrected chi connectivity index (χ1v) is 9.31. The van der Waals surface area contributed by atoms with Gasteiger partial charge in [0.25, 0.3) is 5.91 Å². The van der Waals surface area contributed by atoms with Crippen molar-refractivity contribution in [3.8, 4) is 17.2 Å². The second kappa shape index (κ2) is 7.98. The molecule has 0 bridgehead atoms. The van der Waals surface area contributed by atoms with Crippen molar-refractivity contribution in [1.82, 2.24) is 5.43 Å². The molecule has 0 aliphatic heterocycles. The number of fused-ring (bicyclic) bond motifs is 1. The van der Waals surface area contributed by atoms with Crippen LogP contribution in [0.5, 0.6) is 17.2 Å². The van der Waals surface area contributed by atoms with Crippen molar-refractivity contribution in [3.05, 3.63) is 62.5 Å². The highest BCUT2D eigenvalue weighted by molar-refractivity contribution is 9.13. The number of benzene rings is 3. The third-order valence-electron chi connectivity index (χ3n) is 3.88. The summed E-state index contributed by atoms with van der Waals surface area (Å²) in [5.74, 6) is -0.592. The average molecular weight is 494 g/mol. The number of halogens is 2. The van der Waals surface area contributed by atoms with Crippen LogP contribution >= 0.6 is 31.9 Å². The third kappa shape index (κ3) is 3.91. The predicted octanol–water partition coefficient (Wildman–Crippen LogP) is 4.55. The number of aromatic hydroxyl groups is 2. The van der Waals surface area contributed by atoms with E-state index in [9.17, 15) is 15.0 Å². The molecular formula is C19H14Br2N2O4. The van der Waals surface area contributed by atoms with E-state index in [1.54, 1.807) is 12.1 Å². The highest BCUT2D eigenvalue weighted by Crippen LogP contribution is 2.39. The zero-order valence-corrected chi connectivity index (χ0v) is 17.2. The van der Waals surface area contributed by atoms with Crippen molar-refractivity contribution in [2.75, 3.05) is 7.11 Å². The molecule has 0 saturated heterocycles. The molecule has 3 aromatic rings. The van der Waals surface area contributed by atoms with Crippen molar-refractivity contribution < 1.29 is 19.7 Å². The minimum absolute atomic E-state index is 0.0981. The molecule has 0 aromatic heterocycles. The summed E-state index contributed by atoms with van der Waals surface area (Å²) in [5, 5.41) is 25.8. The summed E-state index contributed by atoms with van der Waals surface area (Å²) in [7, 11) is 1.43. The quantitative estimate of drug-likeness (QED) is 0.367. The number of hydrazone groups is 1. The lowest BCUT2D eigenvalue weighted by Gasteiger charge is -2.10. The molecule has 8 heteroatoms. The van der Waals surface area contributed by atoms with Crippen LogP contribution in [0.25, 0.3) is 10.8 Å². The van der Waals surface area contributed by atoms with Gasteiger partial charge in [-0.1, -0.05) is 24.3 Å². The predicted molar refractivity (Wildman–Crippen MR) is 111 cm³/mol. The van der Waals surface area contributed by atoms with E-state index in [1.165, 1.54) is 19.4 Å². The molecule has 0 spiro atoms. The maximum atomic E-state index is 12.4. The summed E-state index contributed by atoms with van der Waals surface area (Å²) in [4.78, 5) is 12.4. The number of hydrogen-bond acceptors (Lipinski definition) is 5. The van der Waals surface area contributed by atoms with Crippen molar-refractivity contribution in [2.45, 2.75) is 0 Å². The number of carbonyl (C=O) groups is 1. The number of methoxy groups -OCH3 is 1. The first kappa shape index (κ1) is 19.2. The van der Waals surface area contributed by atoms with Crippen molar-refractivity contribution in [1.29, 1.82) is 0 Å². The highest BCUT2D eigenvalue weighted by Gasteiger charge is 2.15. The Morgan fingerprint density at radius 2 is 1.81 bits per heavy atom. The smallest absolute Gasteiger partial charge is 0.275 e. The molecule has 138 valence electrons. The summed E-state index contributed by atoms with van der Waals surface area (Å²) in [5.41, 5.74) is 2.77. The van der Waals surface area contributed by atoms with Crippen molar-refractivity contribution >= 4 is 54.8 Å². The number of carbonyl (C=O) groups excluding carboxylic acids is 1. The van der Waals surface area contributed by atoms with Crippen LogP contribution in [0.4, 0.5) is 0 Å². The summed E-state index contributed by atoms with van der Waals surface area (Å²) < 4.78 is 6.29. The highest BCUT2D eigenvalue weighted by atomic mass is 79.9. The number of amides is 1. The molecule has 0 fully saturated rings. The van der Waals surface area contributed by atoms with Crippen LogP contribution in [0.15, 0.2) is 56.5 Å². The van der Waals surface area contributed by atoms with E-state index in [0.29, 0.717) is 14.5 Å². The fourth-order valence-electron chi connectivity index (χ4n) is 2.51. The molecule has 3 aromatic carbocycles. The SMILES string of the molecule is COc1cc(Br)c(Br)c(/C=N\NC(=O)c2cc3ccccc3cc2O)c1O. The van der Waals surface area contributed by atoms with Gasteiger partial charge in [0.15, 0.2) is 11.5 Å². The number of nitrogens with one attached hydrogen (secondary N) is 1. The standard InChI is InChI=1S/C19H14Br2N2O4/c1-27-16-8-14(20)17(21)13(18(16)25)9-22-23-19(26)12-6-10-4-2-3-5-11(10)7-15(12)24/h2-9,24-25H,1H3,(H,23,26)/b22-9-. The number of phenols is 2. The fourth-order valence-corrected chi connectivity index (χ4v) is 3.34. The van der Waals surface area contributed by atoms with Crippen LogP contribution in [-0.4, -0.2) is 29.4 Å². The van der Waals surface area contributed by atoms with Gasteiger partial charge >= 0.3 is 0 Å². The normalized spacial score (nSPS) is 11.1. The largest absolute Gasteiger partial charge is 0.507 e. The number of rotatable bonds is 4. The van der Waals surface area contributed by atoms with Gasteiger partial charge in [0, 0.05) is 8.95 Å². The van der Waals surface area contributed by atoms with Gasteiger partial charge in [-0.25, -0.2) is 5.43 Å². The summed E-state index contributed by atoms with van der Waals surface area (Å²) in [6.07, 6.45) is 1.28. The maximum absolute atomic E-state index is 12.4. The Hall–Kier alpha value is -2.58. The van der Waals surface area contributed by atoms with Crippen molar-refractivity contribution in [3.63, 3.8) is 0 Å². The monoisotopic (exact) mass is 492 g/mol. The Kier molecular flexibility index (Phi) is 5.67. The molecule has 27 heavy (non-hydrogen) atoms. The van der Waals surface area contributed by atoms with Gasteiger partial charge in [-0.2, -0.15) is 5.10 Å². The topological polar surface area (TPSA) is 91.2 Å². The van der Waals surface area contributed by atoms with E-state index in [4.69, 9.17) is 4.74 Å². The van der Waals surface area contributed by atoms with E-state index in [0.717, 1.165) is 10.8 Å². The Morgan fingerprint density at radius 1 is 1.15 bits per heavy atom. The number of nitrogens with zero attached hydrogens (tertiary/aromatic N) is 1. The average Bonchev–Trinajstić information content (AvgIpc) is 2.66. The van der Waals surface area contributed by atoms with Crippen LogP contribution in [-0.2, 0) is 0 Å². The minimum atomic E-state index is -0.577. The van der Waals surface area contributed by atoms with E-state index >= 15 is 0 Å². The van der Waals surface area contributed by atoms with Gasteiger partial charge in [0.1, 0.15) is 5.75 Å². The van der Waals surface area contributed by atoms with E-state index < -0.39 is 5.91 Å². The second-order valence-corrected chi connectivity index (χ2v) is 7.20. The molecule has 0 aliphatic carbocycles. The number of hydrogen-bond donors (Lipinski definition) is 3. The number of ether oxygens (including phenoxy) is 1. The van der Waals surface area contributed by atoms with Gasteiger partial charge < -0.3 is 14.9 Å². The number of phenolic OH excluding ortho intramolecular Hbond substituents is 2. The molecule has 3 N–H and O–H groups in total. The molecule has 6 nitrogen and oxygen atoms in total. The zero-order valence-electron chi connectivity index (χ0n) is 14.0. The summed E-state index contributed by atoms with van der Waals surface area (Å²) in [6, 6.07) is 12.1. The lowest BCUT2D eigenvalue weighted by Crippen LogP contribution is -2.17. The van der Waals surface area contributed by atoms with Crippen LogP contribution < -0.4 is 10.2 Å². The Labute approximate surface area is 171 Å². The van der Waals surface area contributed by atoms with Crippen LogP contribution in [0.1, 0.15) is 15.9 Å². The molecule has 0 atom stereocenters. The zero-order chi connectivity index (χ0) is 19.6. The lowest BCUT2D eigenvalue weighted by molar-refractivity contribution is 0.0952. The Bertz CT molecular complexity index is 1070. The maximum Gasteiger partial charge on any atom is 0.275 e. The lowest BCUT2D eigenvalue weighted by atomic mass is 10.1. The van der Waals surface area contributed by atoms with Gasteiger partial charge in [-0.05, 0) is 60.8 Å². The third-order valence-corrected chi connectivity index (χ3v) is 5.89.